The number of anilines is 1. The number of benzene rings is 1. The number of ether oxygens (including phenoxy) is 2. The lowest BCUT2D eigenvalue weighted by Crippen LogP contribution is -2.39. The van der Waals surface area contributed by atoms with E-state index >= 15 is 0 Å². The van der Waals surface area contributed by atoms with Crippen LogP contribution in [0.4, 0.5) is 5.13 Å². The van der Waals surface area contributed by atoms with Crippen LogP contribution in [0.15, 0.2) is 18.2 Å². The molecule has 1 amide bonds. The van der Waals surface area contributed by atoms with Gasteiger partial charge in [0.2, 0.25) is 0 Å². The number of hydrogen-bond donors (Lipinski definition) is 0. The number of methoxy groups -OCH3 is 1. The topological polar surface area (TPSA) is 72.7 Å². The van der Waals surface area contributed by atoms with Crippen LogP contribution in [-0.4, -0.2) is 72.1 Å². The van der Waals surface area contributed by atoms with Crippen molar-refractivity contribution in [3.05, 3.63) is 35.2 Å². The van der Waals surface area contributed by atoms with E-state index in [2.05, 4.69) is 16.9 Å². The average molecular weight is 508 g/mol. The molecule has 0 atom stereocenters. The Labute approximate surface area is 211 Å². The Morgan fingerprint density at radius 3 is 2.68 bits per heavy atom. The third-order valence-corrected chi connectivity index (χ3v) is 7.13. The summed E-state index contributed by atoms with van der Waals surface area (Å²) >= 11 is 1.54. The summed E-state index contributed by atoms with van der Waals surface area (Å²) < 4.78 is 13.9. The highest BCUT2D eigenvalue weighted by Crippen LogP contribution is 2.37. The lowest BCUT2D eigenvalue weighted by molar-refractivity contribution is 0.0376. The highest BCUT2D eigenvalue weighted by molar-refractivity contribution is 7.22. The minimum atomic E-state index is -0.0676. The molecule has 0 radical (unpaired) electrons. The van der Waals surface area contributed by atoms with E-state index in [0.717, 1.165) is 66.5 Å². The normalized spacial score (nSPS) is 14.4. The molecule has 1 aromatic carbocycles. The molecule has 1 aliphatic rings. The van der Waals surface area contributed by atoms with E-state index in [1.807, 2.05) is 48.6 Å². The van der Waals surface area contributed by atoms with Gasteiger partial charge in [-0.25, -0.2) is 4.98 Å². The van der Waals surface area contributed by atoms with Crippen molar-refractivity contribution in [2.24, 2.45) is 0 Å². The highest BCUT2D eigenvalue weighted by Gasteiger charge is 2.27. The van der Waals surface area contributed by atoms with Crippen LogP contribution in [0, 0.1) is 13.8 Å². The molecule has 0 unspecified atom stereocenters. The number of nitrogens with zero attached hydrogens (tertiary/aromatic N) is 5. The van der Waals surface area contributed by atoms with Gasteiger partial charge in [-0.1, -0.05) is 17.4 Å². The minimum absolute atomic E-state index is 0. The van der Waals surface area contributed by atoms with Crippen LogP contribution >= 0.6 is 23.7 Å². The van der Waals surface area contributed by atoms with Gasteiger partial charge in [-0.05, 0) is 51.8 Å². The number of morpholine rings is 1. The molecule has 4 rings (SSSR count). The second kappa shape index (κ2) is 11.5. The highest BCUT2D eigenvalue weighted by atomic mass is 35.5. The monoisotopic (exact) mass is 507 g/mol. The van der Waals surface area contributed by atoms with Gasteiger partial charge in [-0.2, -0.15) is 5.10 Å². The van der Waals surface area contributed by atoms with Crippen LogP contribution in [0.25, 0.3) is 10.2 Å². The molecule has 3 aromatic rings. The number of halogens is 1. The van der Waals surface area contributed by atoms with Crippen molar-refractivity contribution in [3.8, 4) is 5.75 Å². The molecule has 0 spiro atoms. The van der Waals surface area contributed by atoms with Crippen LogP contribution in [0.1, 0.15) is 48.1 Å². The van der Waals surface area contributed by atoms with E-state index in [4.69, 9.17) is 14.5 Å². The zero-order chi connectivity index (χ0) is 23.5. The minimum Gasteiger partial charge on any atom is -0.494 e. The number of thiazole rings is 1. The van der Waals surface area contributed by atoms with E-state index in [1.165, 1.54) is 0 Å². The lowest BCUT2D eigenvalue weighted by Gasteiger charge is -2.28. The molecular formula is C24H34ClN5O3S. The molecule has 34 heavy (non-hydrogen) atoms. The van der Waals surface area contributed by atoms with Gasteiger partial charge in [0.15, 0.2) is 5.13 Å². The zero-order valence-corrected chi connectivity index (χ0v) is 22.2. The number of carbonyl (C=O) groups is 1. The van der Waals surface area contributed by atoms with Crippen molar-refractivity contribution >= 4 is 45.0 Å². The first-order valence-corrected chi connectivity index (χ1v) is 12.3. The third-order valence-electron chi connectivity index (χ3n) is 5.91. The Balaban J connectivity index is 0.00000324. The Kier molecular flexibility index (Phi) is 8.92. The molecule has 2 aromatic heterocycles. The third kappa shape index (κ3) is 5.54. The molecule has 0 N–H and O–H groups in total. The van der Waals surface area contributed by atoms with Gasteiger partial charge in [-0.3, -0.25) is 19.3 Å². The molecule has 1 saturated heterocycles. The molecular weight excluding hydrogens is 474 g/mol. The maximum absolute atomic E-state index is 13.8. The molecule has 1 fully saturated rings. The van der Waals surface area contributed by atoms with Crippen molar-refractivity contribution in [3.63, 3.8) is 0 Å². The fraction of sp³-hybridized carbons (Fsp3) is 0.542. The van der Waals surface area contributed by atoms with Crippen molar-refractivity contribution < 1.29 is 14.3 Å². The zero-order valence-electron chi connectivity index (χ0n) is 20.5. The van der Waals surface area contributed by atoms with Crippen LogP contribution < -0.4 is 9.64 Å². The predicted octanol–water partition coefficient (Wildman–Crippen LogP) is 4.49. The first-order chi connectivity index (χ1) is 15.9. The first-order valence-electron chi connectivity index (χ1n) is 11.5. The average Bonchev–Trinajstić information content (AvgIpc) is 3.42. The predicted molar refractivity (Wildman–Crippen MR) is 139 cm³/mol. The summed E-state index contributed by atoms with van der Waals surface area (Å²) in [5.41, 5.74) is 3.36. The van der Waals surface area contributed by atoms with Gasteiger partial charge in [0.25, 0.3) is 5.91 Å². The van der Waals surface area contributed by atoms with E-state index in [9.17, 15) is 4.79 Å². The summed E-state index contributed by atoms with van der Waals surface area (Å²) in [7, 11) is 1.65. The van der Waals surface area contributed by atoms with E-state index in [1.54, 1.807) is 18.4 Å². The second-order valence-corrected chi connectivity index (χ2v) is 9.71. The number of hydrogen-bond acceptors (Lipinski definition) is 7. The molecule has 0 bridgehead atoms. The SMILES string of the molecule is COc1ccc(C)c2sc(N(CCCN3CCOCC3)C(=O)c3cc(C)nn3C(C)C)nc12.Cl. The standard InChI is InChI=1S/C24H33N5O3S.ClH/c1-16(2)29-19(15-18(4)26-29)23(30)28(10-6-9-27-11-13-32-14-12-27)24-25-21-20(31-5)8-7-17(3)22(21)33-24;/h7-8,15-16H,6,9-14H2,1-5H3;1H. The molecule has 1 aliphatic heterocycles. The molecule has 186 valence electrons. The fourth-order valence-electron chi connectivity index (χ4n) is 4.15. The van der Waals surface area contributed by atoms with Gasteiger partial charge in [0, 0.05) is 32.2 Å². The molecule has 3 heterocycles. The molecule has 8 nitrogen and oxygen atoms in total. The summed E-state index contributed by atoms with van der Waals surface area (Å²) in [5, 5.41) is 5.25. The van der Waals surface area contributed by atoms with Crippen molar-refractivity contribution in [1.82, 2.24) is 19.7 Å². The Hall–Kier alpha value is -2.20. The summed E-state index contributed by atoms with van der Waals surface area (Å²) in [5.74, 6) is 0.656. The van der Waals surface area contributed by atoms with Gasteiger partial charge < -0.3 is 9.47 Å². The van der Waals surface area contributed by atoms with E-state index < -0.39 is 0 Å². The fourth-order valence-corrected chi connectivity index (χ4v) is 5.22. The van der Waals surface area contributed by atoms with Crippen LogP contribution in [0.3, 0.4) is 0 Å². The van der Waals surface area contributed by atoms with Gasteiger partial charge in [-0.15, -0.1) is 12.4 Å². The number of aryl methyl sites for hydroxylation is 2. The summed E-state index contributed by atoms with van der Waals surface area (Å²) in [6, 6.07) is 5.93. The number of amides is 1. The molecule has 0 saturated carbocycles. The van der Waals surface area contributed by atoms with Crippen molar-refractivity contribution in [2.75, 3.05) is 51.4 Å². The van der Waals surface area contributed by atoms with Crippen LogP contribution in [0.5, 0.6) is 5.75 Å². The van der Waals surface area contributed by atoms with Crippen molar-refractivity contribution in [2.45, 2.75) is 40.2 Å². The number of carbonyl (C=O) groups excluding carboxylic acids is 1. The largest absolute Gasteiger partial charge is 0.494 e. The molecule has 10 heteroatoms. The Morgan fingerprint density at radius 2 is 2.00 bits per heavy atom. The molecule has 0 aliphatic carbocycles. The van der Waals surface area contributed by atoms with Crippen molar-refractivity contribution in [1.29, 1.82) is 0 Å². The Bertz CT molecular complexity index is 1120. The maximum atomic E-state index is 13.8. The second-order valence-electron chi connectivity index (χ2n) is 8.73. The van der Waals surface area contributed by atoms with E-state index in [0.29, 0.717) is 17.4 Å². The van der Waals surface area contributed by atoms with Gasteiger partial charge in [0.05, 0.1) is 30.7 Å². The van der Waals surface area contributed by atoms with Crippen LogP contribution in [0.2, 0.25) is 0 Å². The summed E-state index contributed by atoms with van der Waals surface area (Å²) in [6.07, 6.45) is 0.854. The van der Waals surface area contributed by atoms with Crippen LogP contribution in [-0.2, 0) is 4.74 Å². The number of fused-ring (bicyclic) bond motifs is 1. The maximum Gasteiger partial charge on any atom is 0.278 e. The smallest absolute Gasteiger partial charge is 0.278 e. The van der Waals surface area contributed by atoms with Gasteiger partial charge in [0.1, 0.15) is 17.0 Å². The van der Waals surface area contributed by atoms with Gasteiger partial charge >= 0.3 is 0 Å². The summed E-state index contributed by atoms with van der Waals surface area (Å²) in [6.45, 7) is 13.0. The quantitative estimate of drug-likeness (QED) is 0.447. The number of aromatic nitrogens is 3. The lowest BCUT2D eigenvalue weighted by atomic mass is 10.2. The van der Waals surface area contributed by atoms with E-state index in [-0.39, 0.29) is 24.4 Å². The summed E-state index contributed by atoms with van der Waals surface area (Å²) in [4.78, 5) is 22.9. The first kappa shape index (κ1) is 26.4. The Morgan fingerprint density at radius 1 is 1.26 bits per heavy atom. The number of rotatable bonds is 8.